The summed E-state index contributed by atoms with van der Waals surface area (Å²) < 4.78 is 13.1. The highest BCUT2D eigenvalue weighted by atomic mass is 28.4. The van der Waals surface area contributed by atoms with Crippen LogP contribution in [0.3, 0.4) is 0 Å². The van der Waals surface area contributed by atoms with Gasteiger partial charge in [0.15, 0.2) is 0 Å². The summed E-state index contributed by atoms with van der Waals surface area (Å²) in [4.78, 5) is 3.87. The molecule has 1 fully saturated rings. The van der Waals surface area contributed by atoms with Crippen LogP contribution in [-0.2, 0) is 8.85 Å². The van der Waals surface area contributed by atoms with Crippen LogP contribution in [0.4, 0.5) is 0 Å². The molecule has 0 heterocycles. The lowest BCUT2D eigenvalue weighted by Gasteiger charge is -2.46. The molecular formula is C18H39NO2Si. The Kier molecular flexibility index (Phi) is 9.21. The van der Waals surface area contributed by atoms with Gasteiger partial charge in [0.1, 0.15) is 0 Å². The van der Waals surface area contributed by atoms with Crippen molar-refractivity contribution < 1.29 is 8.85 Å². The fourth-order valence-electron chi connectivity index (χ4n) is 3.80. The van der Waals surface area contributed by atoms with Gasteiger partial charge >= 0.3 is 8.72 Å². The molecule has 0 radical (unpaired) electrons. The van der Waals surface area contributed by atoms with Crippen LogP contribution in [-0.4, -0.2) is 28.0 Å². The second-order valence-corrected chi connectivity index (χ2v) is 10.1. The topological polar surface area (TPSA) is 30.5 Å². The van der Waals surface area contributed by atoms with Gasteiger partial charge in [-0.05, 0) is 31.1 Å². The van der Waals surface area contributed by atoms with Crippen LogP contribution >= 0.6 is 0 Å². The molecule has 3 unspecified atom stereocenters. The molecule has 0 bridgehead atoms. The van der Waals surface area contributed by atoms with Crippen LogP contribution in [0.15, 0.2) is 0 Å². The molecule has 3 atom stereocenters. The van der Waals surface area contributed by atoms with Crippen molar-refractivity contribution in [2.24, 2.45) is 11.8 Å². The molecule has 0 amide bonds. The number of hydrogen-bond acceptors (Lipinski definition) is 3. The second-order valence-electron chi connectivity index (χ2n) is 7.23. The molecule has 3 nitrogen and oxygen atoms in total. The Bertz CT molecular complexity index is 283. The summed E-state index contributed by atoms with van der Waals surface area (Å²) >= 11 is 0. The first-order chi connectivity index (χ1) is 10.5. The summed E-state index contributed by atoms with van der Waals surface area (Å²) in [5.41, 5.74) is 0.563. The monoisotopic (exact) mass is 329 g/mol. The Morgan fingerprint density at radius 2 is 1.50 bits per heavy atom. The summed E-state index contributed by atoms with van der Waals surface area (Å²) in [6, 6.07) is 0.460. The summed E-state index contributed by atoms with van der Waals surface area (Å²) in [5.74, 6) is 1.39. The van der Waals surface area contributed by atoms with Crippen LogP contribution in [0.5, 0.6) is 0 Å². The molecule has 4 heteroatoms. The van der Waals surface area contributed by atoms with E-state index >= 15 is 0 Å². The van der Waals surface area contributed by atoms with Crippen LogP contribution in [0, 0.1) is 11.8 Å². The molecule has 1 aliphatic carbocycles. The van der Waals surface area contributed by atoms with Gasteiger partial charge in [-0.15, -0.1) is 0 Å². The molecule has 22 heavy (non-hydrogen) atoms. The molecule has 132 valence electrons. The first-order valence-electron chi connectivity index (χ1n) is 9.56. The van der Waals surface area contributed by atoms with Crippen molar-refractivity contribution in [1.29, 1.82) is 0 Å². The first-order valence-corrected chi connectivity index (χ1v) is 11.5. The average Bonchev–Trinajstić information content (AvgIpc) is 2.50. The minimum Gasteiger partial charge on any atom is -0.383 e. The number of nitrogens with one attached hydrogen (secondary N) is 1. The van der Waals surface area contributed by atoms with Crippen molar-refractivity contribution in [2.75, 3.05) is 13.2 Å². The highest BCUT2D eigenvalue weighted by Gasteiger charge is 2.53. The van der Waals surface area contributed by atoms with Crippen LogP contribution in [0.25, 0.3) is 0 Å². The third-order valence-corrected chi connectivity index (χ3v) is 9.26. The summed E-state index contributed by atoms with van der Waals surface area (Å²) in [6.45, 7) is 15.3. The smallest absolute Gasteiger partial charge is 0.383 e. The number of rotatable bonds is 10. The van der Waals surface area contributed by atoms with Gasteiger partial charge in [-0.1, -0.05) is 60.8 Å². The SMILES string of the molecule is CCCO[Si](NC(C)CC)(OCCC)C1C(C)CCCC1C. The standard InChI is InChI=1S/C18H39NO2Si/c1-7-13-20-22(21-14-8-2,19-17(6)9-3)18-15(4)11-10-12-16(18)5/h15-19H,7-14H2,1-6H3. The maximum atomic E-state index is 6.54. The lowest BCUT2D eigenvalue weighted by Crippen LogP contribution is -2.65. The lowest BCUT2D eigenvalue weighted by molar-refractivity contribution is 0.113. The molecule has 0 spiro atoms. The molecule has 1 saturated carbocycles. The second kappa shape index (κ2) is 10.1. The van der Waals surface area contributed by atoms with E-state index in [1.165, 1.54) is 19.3 Å². The zero-order valence-electron chi connectivity index (χ0n) is 15.8. The Morgan fingerprint density at radius 3 is 1.91 bits per heavy atom. The molecule has 1 rings (SSSR count). The van der Waals surface area contributed by atoms with Crippen molar-refractivity contribution in [2.45, 2.75) is 91.7 Å². The zero-order valence-corrected chi connectivity index (χ0v) is 16.8. The van der Waals surface area contributed by atoms with Gasteiger partial charge in [0.25, 0.3) is 0 Å². The fraction of sp³-hybridized carbons (Fsp3) is 1.00. The Labute approximate surface area is 139 Å². The fourth-order valence-corrected chi connectivity index (χ4v) is 8.36. The minimum absolute atomic E-state index is 0.460. The highest BCUT2D eigenvalue weighted by molar-refractivity contribution is 6.66. The van der Waals surface area contributed by atoms with Crippen LogP contribution < -0.4 is 4.98 Å². The van der Waals surface area contributed by atoms with E-state index in [0.717, 1.165) is 32.5 Å². The third-order valence-electron chi connectivity index (χ3n) is 5.09. The normalized spacial score (nSPS) is 27.8. The molecule has 0 aromatic carbocycles. The van der Waals surface area contributed by atoms with E-state index in [-0.39, 0.29) is 0 Å². The molecule has 0 aliphatic heterocycles. The predicted octanol–water partition coefficient (Wildman–Crippen LogP) is 4.99. The van der Waals surface area contributed by atoms with Crippen molar-refractivity contribution in [3.05, 3.63) is 0 Å². The Hall–Kier alpha value is 0.0969. The maximum Gasteiger partial charge on any atom is 0.429 e. The largest absolute Gasteiger partial charge is 0.429 e. The molecule has 1 aliphatic rings. The van der Waals surface area contributed by atoms with Crippen LogP contribution in [0.1, 0.15) is 80.1 Å². The van der Waals surface area contributed by atoms with E-state index in [1.54, 1.807) is 0 Å². The minimum atomic E-state index is -2.40. The summed E-state index contributed by atoms with van der Waals surface area (Å²) in [7, 11) is -2.40. The van der Waals surface area contributed by atoms with E-state index in [4.69, 9.17) is 8.85 Å². The van der Waals surface area contributed by atoms with Gasteiger partial charge in [-0.2, -0.15) is 0 Å². The van der Waals surface area contributed by atoms with Gasteiger partial charge in [0, 0.05) is 24.8 Å². The molecule has 0 aromatic heterocycles. The predicted molar refractivity (Wildman–Crippen MR) is 97.1 cm³/mol. The summed E-state index contributed by atoms with van der Waals surface area (Å²) in [5, 5.41) is 0. The van der Waals surface area contributed by atoms with E-state index in [0.29, 0.717) is 23.4 Å². The maximum absolute atomic E-state index is 6.54. The van der Waals surface area contributed by atoms with Crippen molar-refractivity contribution in [3.63, 3.8) is 0 Å². The van der Waals surface area contributed by atoms with Gasteiger partial charge in [-0.25, -0.2) is 0 Å². The zero-order chi connectivity index (χ0) is 16.6. The van der Waals surface area contributed by atoms with E-state index in [9.17, 15) is 0 Å². The quantitative estimate of drug-likeness (QED) is 0.573. The molecule has 0 aromatic rings. The van der Waals surface area contributed by atoms with Crippen molar-refractivity contribution >= 4 is 8.72 Å². The van der Waals surface area contributed by atoms with E-state index in [2.05, 4.69) is 46.5 Å². The summed E-state index contributed by atoms with van der Waals surface area (Å²) in [6.07, 6.45) is 7.22. The Morgan fingerprint density at radius 1 is 1.00 bits per heavy atom. The number of hydrogen-bond donors (Lipinski definition) is 1. The van der Waals surface area contributed by atoms with Gasteiger partial charge < -0.3 is 8.85 Å². The molecular weight excluding hydrogens is 290 g/mol. The molecule has 0 saturated heterocycles. The lowest BCUT2D eigenvalue weighted by atomic mass is 9.83. The average molecular weight is 330 g/mol. The first kappa shape index (κ1) is 20.1. The van der Waals surface area contributed by atoms with Gasteiger partial charge in [0.05, 0.1) is 0 Å². The van der Waals surface area contributed by atoms with Crippen molar-refractivity contribution in [1.82, 2.24) is 4.98 Å². The third kappa shape index (κ3) is 5.33. The van der Waals surface area contributed by atoms with Crippen LogP contribution in [0.2, 0.25) is 5.54 Å². The molecule has 1 N–H and O–H groups in total. The highest BCUT2D eigenvalue weighted by Crippen LogP contribution is 2.45. The van der Waals surface area contributed by atoms with Gasteiger partial charge in [-0.3, -0.25) is 4.98 Å². The van der Waals surface area contributed by atoms with E-state index < -0.39 is 8.72 Å². The van der Waals surface area contributed by atoms with Crippen molar-refractivity contribution in [3.8, 4) is 0 Å². The van der Waals surface area contributed by atoms with Gasteiger partial charge in [0.2, 0.25) is 0 Å². The van der Waals surface area contributed by atoms with E-state index in [1.807, 2.05) is 0 Å². The Balaban J connectivity index is 3.06.